The topological polar surface area (TPSA) is 52.0 Å². The molecule has 0 atom stereocenters. The average Bonchev–Trinajstić information content (AvgIpc) is 2.13. The van der Waals surface area contributed by atoms with Crippen molar-refractivity contribution in [2.24, 2.45) is 5.73 Å². The van der Waals surface area contributed by atoms with E-state index in [1.165, 1.54) is 6.39 Å². The van der Waals surface area contributed by atoms with E-state index in [9.17, 15) is 0 Å². The van der Waals surface area contributed by atoms with Gasteiger partial charge in [0.2, 0.25) is 0 Å². The quantitative estimate of drug-likeness (QED) is 0.584. The summed E-state index contributed by atoms with van der Waals surface area (Å²) in [5, 5.41) is 0. The molecule has 0 aliphatic heterocycles. The second-order valence-electron chi connectivity index (χ2n) is 1.62. The van der Waals surface area contributed by atoms with E-state index in [0.29, 0.717) is 11.5 Å². The zero-order chi connectivity index (χ0) is 6.85. The Morgan fingerprint density at radius 3 is 2.78 bits per heavy atom. The van der Waals surface area contributed by atoms with Gasteiger partial charge in [0, 0.05) is 0 Å². The van der Waals surface area contributed by atoms with E-state index in [1.807, 2.05) is 0 Å². The van der Waals surface area contributed by atoms with Gasteiger partial charge in [0.05, 0.1) is 0 Å². The van der Waals surface area contributed by atoms with Crippen LogP contribution < -0.4 is 5.73 Å². The molecule has 1 heterocycles. The van der Waals surface area contributed by atoms with Gasteiger partial charge in [-0.1, -0.05) is 12.2 Å². The monoisotopic (exact) mass is 142 g/mol. The van der Waals surface area contributed by atoms with Crippen molar-refractivity contribution in [2.75, 3.05) is 0 Å². The van der Waals surface area contributed by atoms with Gasteiger partial charge in [-0.2, -0.15) is 0 Å². The summed E-state index contributed by atoms with van der Waals surface area (Å²) in [5.74, 6) is 0.669. The molecule has 3 nitrogen and oxygen atoms in total. The fourth-order valence-corrected chi connectivity index (χ4v) is 0.738. The van der Waals surface area contributed by atoms with Crippen molar-refractivity contribution >= 4 is 17.2 Å². The largest absolute Gasteiger partial charge is 0.448 e. The lowest BCUT2D eigenvalue weighted by atomic mass is 10.4. The van der Waals surface area contributed by atoms with Crippen molar-refractivity contribution in [3.8, 4) is 0 Å². The number of nitrogens with two attached hydrogens (primary N) is 1. The molecule has 0 aliphatic carbocycles. The van der Waals surface area contributed by atoms with Crippen LogP contribution in [0.3, 0.4) is 0 Å². The first-order valence-corrected chi connectivity index (χ1v) is 2.82. The molecule has 1 rings (SSSR count). The van der Waals surface area contributed by atoms with Crippen molar-refractivity contribution in [1.82, 2.24) is 4.98 Å². The number of aromatic nitrogens is 1. The maximum atomic E-state index is 5.27. The van der Waals surface area contributed by atoms with Crippen molar-refractivity contribution in [1.29, 1.82) is 0 Å². The highest BCUT2D eigenvalue weighted by molar-refractivity contribution is 7.80. The van der Waals surface area contributed by atoms with E-state index >= 15 is 0 Å². The van der Waals surface area contributed by atoms with E-state index in [2.05, 4.69) is 17.2 Å². The first-order valence-electron chi connectivity index (χ1n) is 2.41. The maximum Gasteiger partial charge on any atom is 0.181 e. The minimum atomic E-state index is 0.279. The molecule has 0 aliphatic rings. The highest BCUT2D eigenvalue weighted by atomic mass is 32.1. The van der Waals surface area contributed by atoms with Gasteiger partial charge in [0.15, 0.2) is 6.39 Å². The minimum Gasteiger partial charge on any atom is -0.448 e. The number of aryl methyl sites for hydroxylation is 1. The SMILES string of the molecule is Cc1ocnc1C(N)=S. The van der Waals surface area contributed by atoms with Gasteiger partial charge in [0.25, 0.3) is 0 Å². The van der Waals surface area contributed by atoms with E-state index in [-0.39, 0.29) is 4.99 Å². The molecule has 0 unspecified atom stereocenters. The molecule has 1 aromatic heterocycles. The van der Waals surface area contributed by atoms with Crippen LogP contribution in [-0.4, -0.2) is 9.97 Å². The van der Waals surface area contributed by atoms with Crippen LogP contribution in [0.2, 0.25) is 0 Å². The Kier molecular flexibility index (Phi) is 1.48. The number of thiocarbonyl (C=S) groups is 1. The first-order chi connectivity index (χ1) is 4.22. The van der Waals surface area contributed by atoms with Crippen LogP contribution in [0.4, 0.5) is 0 Å². The highest BCUT2D eigenvalue weighted by Crippen LogP contribution is 2.02. The second kappa shape index (κ2) is 2.14. The molecule has 0 radical (unpaired) electrons. The van der Waals surface area contributed by atoms with Gasteiger partial charge in [-0.25, -0.2) is 4.98 Å². The van der Waals surface area contributed by atoms with Gasteiger partial charge in [-0.3, -0.25) is 0 Å². The Morgan fingerprint density at radius 2 is 2.56 bits per heavy atom. The minimum absolute atomic E-state index is 0.279. The molecule has 48 valence electrons. The average molecular weight is 142 g/mol. The molecule has 0 aromatic carbocycles. The third kappa shape index (κ3) is 1.08. The summed E-state index contributed by atoms with van der Waals surface area (Å²) >= 11 is 4.66. The summed E-state index contributed by atoms with van der Waals surface area (Å²) in [4.78, 5) is 4.06. The van der Waals surface area contributed by atoms with Crippen molar-refractivity contribution < 1.29 is 4.42 Å². The van der Waals surface area contributed by atoms with Crippen molar-refractivity contribution in [3.63, 3.8) is 0 Å². The molecule has 0 amide bonds. The number of oxazole rings is 1. The molecule has 1 aromatic rings. The standard InChI is InChI=1S/C5H6N2OS/c1-3-4(5(6)9)7-2-8-3/h2H,1H3,(H2,6,9). The summed E-state index contributed by atoms with van der Waals surface area (Å²) in [7, 11) is 0. The van der Waals surface area contributed by atoms with Gasteiger partial charge < -0.3 is 10.2 Å². The Hall–Kier alpha value is -0.900. The second-order valence-corrected chi connectivity index (χ2v) is 2.06. The molecule has 2 N–H and O–H groups in total. The molecule has 0 saturated carbocycles. The van der Waals surface area contributed by atoms with Crippen molar-refractivity contribution in [2.45, 2.75) is 6.92 Å². The summed E-state index contributed by atoms with van der Waals surface area (Å²) < 4.78 is 4.85. The summed E-state index contributed by atoms with van der Waals surface area (Å²) in [5.41, 5.74) is 5.84. The summed E-state index contributed by atoms with van der Waals surface area (Å²) in [6, 6.07) is 0. The number of hydrogen-bond acceptors (Lipinski definition) is 3. The van der Waals surface area contributed by atoms with Crippen LogP contribution in [-0.2, 0) is 0 Å². The van der Waals surface area contributed by atoms with E-state index < -0.39 is 0 Å². The van der Waals surface area contributed by atoms with Crippen LogP contribution >= 0.6 is 12.2 Å². The van der Waals surface area contributed by atoms with E-state index in [0.717, 1.165) is 0 Å². The lowest BCUT2D eigenvalue weighted by molar-refractivity contribution is 0.526. The fourth-order valence-electron chi connectivity index (χ4n) is 0.542. The fraction of sp³-hybridized carbons (Fsp3) is 0.200. The Labute approximate surface area is 57.9 Å². The molecular formula is C5H6N2OS. The van der Waals surface area contributed by atoms with Crippen molar-refractivity contribution in [3.05, 3.63) is 17.8 Å². The molecule has 0 fully saturated rings. The predicted molar refractivity (Wildman–Crippen MR) is 37.1 cm³/mol. The van der Waals surface area contributed by atoms with E-state index in [1.54, 1.807) is 6.92 Å². The molecule has 0 spiro atoms. The van der Waals surface area contributed by atoms with Gasteiger partial charge in [-0.05, 0) is 6.92 Å². The van der Waals surface area contributed by atoms with Crippen LogP contribution in [0.25, 0.3) is 0 Å². The molecule has 0 bridgehead atoms. The van der Waals surface area contributed by atoms with Gasteiger partial charge in [-0.15, -0.1) is 0 Å². The zero-order valence-corrected chi connectivity index (χ0v) is 5.73. The lowest BCUT2D eigenvalue weighted by Gasteiger charge is -1.87. The van der Waals surface area contributed by atoms with Crippen LogP contribution in [0.1, 0.15) is 11.5 Å². The lowest BCUT2D eigenvalue weighted by Crippen LogP contribution is -2.10. The molecule has 9 heavy (non-hydrogen) atoms. The molecular weight excluding hydrogens is 136 g/mol. The highest BCUT2D eigenvalue weighted by Gasteiger charge is 2.03. The number of nitrogens with zero attached hydrogens (tertiary/aromatic N) is 1. The zero-order valence-electron chi connectivity index (χ0n) is 4.92. The number of rotatable bonds is 1. The van der Waals surface area contributed by atoms with Crippen LogP contribution in [0.5, 0.6) is 0 Å². The first kappa shape index (κ1) is 6.22. The van der Waals surface area contributed by atoms with Gasteiger partial charge in [0.1, 0.15) is 16.4 Å². The Balaban J connectivity index is 3.08. The normalized spacial score (nSPS) is 9.44. The molecule has 4 heteroatoms. The Morgan fingerprint density at radius 1 is 1.89 bits per heavy atom. The summed E-state index contributed by atoms with van der Waals surface area (Å²) in [6.45, 7) is 1.77. The Bertz CT molecular complexity index is 231. The maximum absolute atomic E-state index is 5.27. The summed E-state index contributed by atoms with van der Waals surface area (Å²) in [6.07, 6.45) is 1.32. The third-order valence-electron chi connectivity index (χ3n) is 0.978. The van der Waals surface area contributed by atoms with Gasteiger partial charge >= 0.3 is 0 Å². The van der Waals surface area contributed by atoms with Crippen LogP contribution in [0, 0.1) is 6.92 Å². The number of hydrogen-bond donors (Lipinski definition) is 1. The van der Waals surface area contributed by atoms with E-state index in [4.69, 9.17) is 10.2 Å². The predicted octanol–water partition coefficient (Wildman–Crippen LogP) is 0.617. The van der Waals surface area contributed by atoms with Crippen LogP contribution in [0.15, 0.2) is 10.8 Å². The third-order valence-corrected chi connectivity index (χ3v) is 1.17. The molecule has 0 saturated heterocycles. The smallest absolute Gasteiger partial charge is 0.181 e.